The first kappa shape index (κ1) is 15.8. The smallest absolute Gasteiger partial charge is 0.241 e. The minimum Gasteiger partial charge on any atom is -0.487 e. The molecule has 0 bridgehead atoms. The van der Waals surface area contributed by atoms with Crippen LogP contribution in [0.5, 0.6) is 5.75 Å². The van der Waals surface area contributed by atoms with Crippen molar-refractivity contribution >= 4 is 11.6 Å². The van der Waals surface area contributed by atoms with Crippen molar-refractivity contribution in [3.8, 4) is 5.75 Å². The molecule has 0 spiro atoms. The summed E-state index contributed by atoms with van der Waals surface area (Å²) in [6.07, 6.45) is 3.80. The number of benzene rings is 1. The quantitative estimate of drug-likeness (QED) is 0.847. The van der Waals surface area contributed by atoms with Gasteiger partial charge in [-0.2, -0.15) is 0 Å². The van der Waals surface area contributed by atoms with Crippen molar-refractivity contribution in [2.45, 2.75) is 51.7 Å². The molecule has 116 valence electrons. The van der Waals surface area contributed by atoms with E-state index in [4.69, 9.17) is 10.5 Å². The number of amides is 1. The van der Waals surface area contributed by atoms with Crippen LogP contribution in [-0.4, -0.2) is 18.1 Å². The maximum absolute atomic E-state index is 13.9. The fraction of sp³-hybridized carbons (Fsp3) is 0.562. The lowest BCUT2D eigenvalue weighted by Gasteiger charge is -2.26. The van der Waals surface area contributed by atoms with Gasteiger partial charge in [0.05, 0.1) is 12.1 Å². The molecule has 3 N–H and O–H groups in total. The van der Waals surface area contributed by atoms with Crippen molar-refractivity contribution in [2.75, 3.05) is 5.32 Å². The summed E-state index contributed by atoms with van der Waals surface area (Å²) in [6.45, 7) is 4.00. The largest absolute Gasteiger partial charge is 0.487 e. The standard InChI is InChI=1S/C16H23FN2O2/c1-10(2)8-14(18)16(20)19-11-6-7-15(13(17)9-11)21-12-4-3-5-12/h6-7,9-10,12,14H,3-5,8,18H2,1-2H3,(H,19,20)/t14-/m0/s1. The summed E-state index contributed by atoms with van der Waals surface area (Å²) in [5.41, 5.74) is 6.20. The predicted molar refractivity (Wildman–Crippen MR) is 80.7 cm³/mol. The fourth-order valence-electron chi connectivity index (χ4n) is 2.19. The number of rotatable bonds is 6. The van der Waals surface area contributed by atoms with Crippen LogP contribution < -0.4 is 15.8 Å². The van der Waals surface area contributed by atoms with Gasteiger partial charge in [0.25, 0.3) is 0 Å². The highest BCUT2D eigenvalue weighted by Crippen LogP contribution is 2.28. The Hall–Kier alpha value is -1.62. The molecule has 0 saturated heterocycles. The molecular formula is C16H23FN2O2. The molecule has 0 heterocycles. The third kappa shape index (κ3) is 4.43. The summed E-state index contributed by atoms with van der Waals surface area (Å²) in [7, 11) is 0. The van der Waals surface area contributed by atoms with E-state index in [1.807, 2.05) is 13.8 Å². The van der Waals surface area contributed by atoms with Crippen molar-refractivity contribution in [2.24, 2.45) is 11.7 Å². The molecule has 4 nitrogen and oxygen atoms in total. The van der Waals surface area contributed by atoms with Gasteiger partial charge >= 0.3 is 0 Å². The van der Waals surface area contributed by atoms with Crippen molar-refractivity contribution < 1.29 is 13.9 Å². The molecule has 0 aliphatic heterocycles. The number of hydrogen-bond donors (Lipinski definition) is 2. The van der Waals surface area contributed by atoms with Crippen LogP contribution in [0.1, 0.15) is 39.5 Å². The fourth-order valence-corrected chi connectivity index (χ4v) is 2.19. The number of anilines is 1. The van der Waals surface area contributed by atoms with E-state index < -0.39 is 11.9 Å². The van der Waals surface area contributed by atoms with Gasteiger partial charge in [0, 0.05) is 11.8 Å². The van der Waals surface area contributed by atoms with E-state index >= 15 is 0 Å². The molecule has 1 aliphatic rings. The summed E-state index contributed by atoms with van der Waals surface area (Å²) in [4.78, 5) is 11.9. The summed E-state index contributed by atoms with van der Waals surface area (Å²) < 4.78 is 19.5. The van der Waals surface area contributed by atoms with Crippen LogP contribution in [0, 0.1) is 11.7 Å². The third-order valence-corrected chi connectivity index (χ3v) is 3.61. The van der Waals surface area contributed by atoms with Crippen LogP contribution in [0.15, 0.2) is 18.2 Å². The molecule has 1 aliphatic carbocycles. The highest BCUT2D eigenvalue weighted by Gasteiger charge is 2.21. The second-order valence-corrected chi connectivity index (χ2v) is 6.04. The zero-order chi connectivity index (χ0) is 15.4. The highest BCUT2D eigenvalue weighted by atomic mass is 19.1. The molecule has 21 heavy (non-hydrogen) atoms. The zero-order valence-corrected chi connectivity index (χ0v) is 12.6. The Morgan fingerprint density at radius 2 is 2.19 bits per heavy atom. The van der Waals surface area contributed by atoms with E-state index in [1.54, 1.807) is 12.1 Å². The molecule has 1 amide bonds. The molecule has 0 unspecified atom stereocenters. The number of nitrogens with one attached hydrogen (secondary N) is 1. The Labute approximate surface area is 124 Å². The van der Waals surface area contributed by atoms with Gasteiger partial charge < -0.3 is 15.8 Å². The maximum Gasteiger partial charge on any atom is 0.241 e. The number of halogens is 1. The SMILES string of the molecule is CC(C)C[C@H](N)C(=O)Nc1ccc(OC2CCC2)c(F)c1. The van der Waals surface area contributed by atoms with Crippen molar-refractivity contribution in [1.29, 1.82) is 0 Å². The van der Waals surface area contributed by atoms with Crippen molar-refractivity contribution in [1.82, 2.24) is 0 Å². The van der Waals surface area contributed by atoms with Gasteiger partial charge in [-0.3, -0.25) is 4.79 Å². The first-order valence-corrected chi connectivity index (χ1v) is 7.48. The number of hydrogen-bond acceptors (Lipinski definition) is 3. The van der Waals surface area contributed by atoms with Gasteiger partial charge in [-0.1, -0.05) is 13.8 Å². The molecule has 1 saturated carbocycles. The van der Waals surface area contributed by atoms with Gasteiger partial charge in [0.2, 0.25) is 5.91 Å². The van der Waals surface area contributed by atoms with Crippen LogP contribution in [0.3, 0.4) is 0 Å². The summed E-state index contributed by atoms with van der Waals surface area (Å²) in [5, 5.41) is 2.64. The Morgan fingerprint density at radius 3 is 2.71 bits per heavy atom. The second-order valence-electron chi connectivity index (χ2n) is 6.04. The van der Waals surface area contributed by atoms with E-state index in [-0.39, 0.29) is 17.8 Å². The zero-order valence-electron chi connectivity index (χ0n) is 12.6. The molecule has 1 aromatic carbocycles. The van der Waals surface area contributed by atoms with Crippen LogP contribution in [0.2, 0.25) is 0 Å². The van der Waals surface area contributed by atoms with Gasteiger partial charge in [-0.15, -0.1) is 0 Å². The second kappa shape index (κ2) is 6.89. The highest BCUT2D eigenvalue weighted by molar-refractivity contribution is 5.94. The van der Waals surface area contributed by atoms with Crippen molar-refractivity contribution in [3.05, 3.63) is 24.0 Å². The number of carbonyl (C=O) groups excluding carboxylic acids is 1. The first-order valence-electron chi connectivity index (χ1n) is 7.48. The lowest BCUT2D eigenvalue weighted by atomic mass is 9.96. The average molecular weight is 294 g/mol. The Kier molecular flexibility index (Phi) is 5.17. The lowest BCUT2D eigenvalue weighted by Crippen LogP contribution is -2.36. The molecule has 5 heteroatoms. The average Bonchev–Trinajstić information content (AvgIpc) is 2.34. The van der Waals surface area contributed by atoms with E-state index in [1.165, 1.54) is 6.07 Å². The minimum atomic E-state index is -0.584. The van der Waals surface area contributed by atoms with E-state index in [0.717, 1.165) is 19.3 Å². The van der Waals surface area contributed by atoms with E-state index in [0.29, 0.717) is 18.0 Å². The lowest BCUT2D eigenvalue weighted by molar-refractivity contribution is -0.117. The van der Waals surface area contributed by atoms with Gasteiger partial charge in [0.1, 0.15) is 0 Å². The third-order valence-electron chi connectivity index (χ3n) is 3.61. The van der Waals surface area contributed by atoms with E-state index in [2.05, 4.69) is 5.32 Å². The Bertz CT molecular complexity index is 501. The number of nitrogens with two attached hydrogens (primary N) is 1. The predicted octanol–water partition coefficient (Wildman–Crippen LogP) is 3.07. The van der Waals surface area contributed by atoms with Crippen molar-refractivity contribution in [3.63, 3.8) is 0 Å². The molecule has 0 radical (unpaired) electrons. The summed E-state index contributed by atoms with van der Waals surface area (Å²) >= 11 is 0. The van der Waals surface area contributed by atoms with Gasteiger partial charge in [0.15, 0.2) is 11.6 Å². The molecule has 1 aromatic rings. The summed E-state index contributed by atoms with van der Waals surface area (Å²) in [5.74, 6) is -0.183. The number of ether oxygens (including phenoxy) is 1. The topological polar surface area (TPSA) is 64.4 Å². The normalized spacial score (nSPS) is 16.4. The first-order chi connectivity index (χ1) is 9.95. The summed E-state index contributed by atoms with van der Waals surface area (Å²) in [6, 6.07) is 3.88. The molecule has 2 rings (SSSR count). The van der Waals surface area contributed by atoms with E-state index in [9.17, 15) is 9.18 Å². The maximum atomic E-state index is 13.9. The van der Waals surface area contributed by atoms with Crippen LogP contribution in [0.25, 0.3) is 0 Å². The van der Waals surface area contributed by atoms with Crippen LogP contribution >= 0.6 is 0 Å². The minimum absolute atomic E-state index is 0.124. The monoisotopic (exact) mass is 294 g/mol. The van der Waals surface area contributed by atoms with Crippen LogP contribution in [0.4, 0.5) is 10.1 Å². The van der Waals surface area contributed by atoms with Crippen LogP contribution in [-0.2, 0) is 4.79 Å². The Balaban J connectivity index is 1.94. The Morgan fingerprint density at radius 1 is 1.48 bits per heavy atom. The van der Waals surface area contributed by atoms with Gasteiger partial charge in [-0.25, -0.2) is 4.39 Å². The molecule has 0 aromatic heterocycles. The molecule has 1 fully saturated rings. The molecular weight excluding hydrogens is 271 g/mol. The molecule has 1 atom stereocenters. The van der Waals surface area contributed by atoms with Gasteiger partial charge in [-0.05, 0) is 43.7 Å². The number of carbonyl (C=O) groups is 1.